The van der Waals surface area contributed by atoms with Crippen molar-refractivity contribution in [2.45, 2.75) is 18.1 Å². The van der Waals surface area contributed by atoms with E-state index in [1.165, 1.54) is 13.8 Å². The molecule has 1 aliphatic heterocycles. The van der Waals surface area contributed by atoms with Gasteiger partial charge in [0, 0.05) is 19.8 Å². The average Bonchev–Trinajstić information content (AvgIpc) is 2.30. The van der Waals surface area contributed by atoms with Crippen molar-refractivity contribution in [1.29, 1.82) is 0 Å². The quantitative estimate of drug-likeness (QED) is 0.471. The van der Waals surface area contributed by atoms with Crippen LogP contribution >= 0.6 is 7.52 Å². The monoisotopic (exact) mass is 205 g/mol. The summed E-state index contributed by atoms with van der Waals surface area (Å²) in [6.07, 6.45) is -0.268. The summed E-state index contributed by atoms with van der Waals surface area (Å²) in [5.41, 5.74) is 0. The van der Waals surface area contributed by atoms with E-state index < -0.39 is 19.6 Å². The lowest BCUT2D eigenvalue weighted by molar-refractivity contribution is 0.0740. The molecule has 0 spiro atoms. The normalized spacial score (nSPS) is 38.8. The summed E-state index contributed by atoms with van der Waals surface area (Å²) in [4.78, 5) is 9.09. The van der Waals surface area contributed by atoms with Crippen LogP contribution in [-0.4, -0.2) is 51.3 Å². The first-order valence-corrected chi connectivity index (χ1v) is 6.03. The summed E-state index contributed by atoms with van der Waals surface area (Å²) in [5, 5.41) is 2.50. The van der Waals surface area contributed by atoms with E-state index in [2.05, 4.69) is 5.09 Å². The summed E-state index contributed by atoms with van der Waals surface area (Å²) in [5.74, 6) is 0. The van der Waals surface area contributed by atoms with Crippen molar-refractivity contribution in [1.82, 2.24) is 5.09 Å². The molecule has 2 N–H and O–H groups in total. The molecule has 7 heteroatoms. The van der Waals surface area contributed by atoms with E-state index in [-0.39, 0.29) is 6.10 Å². The third-order valence-corrected chi connectivity index (χ3v) is 2.68. The summed E-state index contributed by atoms with van der Waals surface area (Å²) < 4.78 is 21.2. The Bertz CT molecular complexity index is 221. The van der Waals surface area contributed by atoms with Crippen molar-refractivity contribution in [2.75, 3.05) is 20.4 Å². The molecular weight excluding hydrogens is 192 g/mol. The first-order valence-electron chi connectivity index (χ1n) is 3.92. The summed E-state index contributed by atoms with van der Waals surface area (Å²) in [6, 6.07) is -1.02. The van der Waals surface area contributed by atoms with Gasteiger partial charge in [0.15, 0.2) is 0 Å². The summed E-state index contributed by atoms with van der Waals surface area (Å²) >= 11 is 0. The highest BCUT2D eigenvalue weighted by Gasteiger charge is 2.36. The zero-order chi connectivity index (χ0) is 10.1. The van der Waals surface area contributed by atoms with Crippen LogP contribution in [-0.2, 0) is 14.0 Å². The number of methoxy groups -OCH3 is 1. The molecule has 2 radical (unpaired) electrons. The molecule has 1 aliphatic rings. The van der Waals surface area contributed by atoms with E-state index in [4.69, 9.17) is 22.2 Å². The largest absolute Gasteiger partial charge is 0.384 e. The van der Waals surface area contributed by atoms with Crippen LogP contribution in [0, 0.1) is 0 Å². The highest BCUT2D eigenvalue weighted by atomic mass is 31.2. The number of hydrogen-bond acceptors (Lipinski definition) is 3. The minimum Gasteiger partial charge on any atom is -0.384 e. The minimum atomic E-state index is -3.29. The fourth-order valence-electron chi connectivity index (χ4n) is 1.27. The molecule has 5 nitrogen and oxygen atoms in total. The Morgan fingerprint density at radius 3 is 2.85 bits per heavy atom. The standard InChI is InChI=1S/C6H13BNO4P/c1-11-4-3-12-6(7)5(4)8-13(2,9)10/h4-6H,3H2,1-2H3,(H2,8,9,10)/t4?,5-,6+/m0/s1. The van der Waals surface area contributed by atoms with Gasteiger partial charge in [0.1, 0.15) is 7.85 Å². The van der Waals surface area contributed by atoms with Crippen LogP contribution in [0.2, 0.25) is 0 Å². The predicted octanol–water partition coefficient (Wildman–Crippen LogP) is -0.700. The molecule has 0 saturated carbocycles. The Morgan fingerprint density at radius 1 is 1.77 bits per heavy atom. The lowest BCUT2D eigenvalue weighted by atomic mass is 9.92. The van der Waals surface area contributed by atoms with Crippen molar-refractivity contribution >= 4 is 15.4 Å². The molecule has 0 amide bonds. The molecule has 0 aromatic heterocycles. The second-order valence-corrected chi connectivity index (χ2v) is 5.12. The smallest absolute Gasteiger partial charge is 0.264 e. The summed E-state index contributed by atoms with van der Waals surface area (Å²) in [7, 11) is 3.77. The average molecular weight is 205 g/mol. The van der Waals surface area contributed by atoms with Crippen LogP contribution in [0.4, 0.5) is 0 Å². The van der Waals surface area contributed by atoms with Gasteiger partial charge in [-0.3, -0.25) is 4.57 Å². The van der Waals surface area contributed by atoms with Gasteiger partial charge in [0.25, 0.3) is 7.52 Å². The molecule has 0 aliphatic carbocycles. The molecule has 13 heavy (non-hydrogen) atoms. The molecule has 0 aromatic carbocycles. The van der Waals surface area contributed by atoms with E-state index in [0.29, 0.717) is 6.61 Å². The summed E-state index contributed by atoms with van der Waals surface area (Å²) in [6.45, 7) is 1.56. The van der Waals surface area contributed by atoms with Gasteiger partial charge in [-0.2, -0.15) is 0 Å². The number of hydrogen-bond donors (Lipinski definition) is 2. The second kappa shape index (κ2) is 4.11. The number of ether oxygens (including phenoxy) is 2. The van der Waals surface area contributed by atoms with E-state index in [0.717, 1.165) is 0 Å². The second-order valence-electron chi connectivity index (χ2n) is 3.11. The van der Waals surface area contributed by atoms with Crippen LogP contribution in [0.3, 0.4) is 0 Å². The third kappa shape index (κ3) is 3.07. The van der Waals surface area contributed by atoms with Gasteiger partial charge >= 0.3 is 0 Å². The first-order chi connectivity index (χ1) is 5.94. The molecule has 1 rings (SSSR count). The Hall–Kier alpha value is 0.135. The van der Waals surface area contributed by atoms with Crippen LogP contribution in [0.15, 0.2) is 0 Å². The Labute approximate surface area is 78.7 Å². The molecule has 0 aromatic rings. The first kappa shape index (κ1) is 11.2. The van der Waals surface area contributed by atoms with Crippen molar-refractivity contribution in [2.24, 2.45) is 0 Å². The maximum absolute atomic E-state index is 11.1. The third-order valence-electron chi connectivity index (χ3n) is 1.90. The fraction of sp³-hybridized carbons (Fsp3) is 1.00. The lowest BCUT2D eigenvalue weighted by Gasteiger charge is -2.22. The van der Waals surface area contributed by atoms with Gasteiger partial charge in [0.05, 0.1) is 18.8 Å². The topological polar surface area (TPSA) is 67.8 Å². The Morgan fingerprint density at radius 2 is 2.38 bits per heavy atom. The van der Waals surface area contributed by atoms with Gasteiger partial charge in [0.2, 0.25) is 0 Å². The Balaban J connectivity index is 2.60. The Kier molecular flexibility index (Phi) is 3.54. The van der Waals surface area contributed by atoms with E-state index >= 15 is 0 Å². The predicted molar refractivity (Wildman–Crippen MR) is 49.0 cm³/mol. The number of nitrogens with one attached hydrogen (secondary N) is 1. The van der Waals surface area contributed by atoms with Crippen molar-refractivity contribution < 1.29 is 18.9 Å². The van der Waals surface area contributed by atoms with E-state index in [9.17, 15) is 4.57 Å². The minimum absolute atomic E-state index is 0.268. The van der Waals surface area contributed by atoms with Crippen molar-refractivity contribution in [3.8, 4) is 0 Å². The highest BCUT2D eigenvalue weighted by Crippen LogP contribution is 2.32. The van der Waals surface area contributed by atoms with Crippen molar-refractivity contribution in [3.05, 3.63) is 0 Å². The zero-order valence-electron chi connectivity index (χ0n) is 7.64. The highest BCUT2D eigenvalue weighted by molar-refractivity contribution is 7.55. The van der Waals surface area contributed by atoms with E-state index in [1.807, 2.05) is 0 Å². The van der Waals surface area contributed by atoms with Crippen LogP contribution in [0.5, 0.6) is 0 Å². The maximum atomic E-state index is 11.1. The SMILES string of the molecule is [B][C@@H]1OCC(OC)[C@@H]1NP(C)(=O)O. The van der Waals surface area contributed by atoms with Gasteiger partial charge in [-0.15, -0.1) is 0 Å². The molecular formula is C6H13BNO4P. The fourth-order valence-corrected chi connectivity index (χ4v) is 2.14. The lowest BCUT2D eigenvalue weighted by Crippen LogP contribution is -2.42. The molecule has 74 valence electrons. The molecule has 0 bridgehead atoms. The molecule has 1 saturated heterocycles. The van der Waals surface area contributed by atoms with Crippen LogP contribution in [0.25, 0.3) is 0 Å². The van der Waals surface area contributed by atoms with Gasteiger partial charge in [-0.1, -0.05) is 0 Å². The van der Waals surface area contributed by atoms with Crippen molar-refractivity contribution in [3.63, 3.8) is 0 Å². The molecule has 1 fully saturated rings. The van der Waals surface area contributed by atoms with E-state index in [1.54, 1.807) is 0 Å². The zero-order valence-corrected chi connectivity index (χ0v) is 8.53. The maximum Gasteiger partial charge on any atom is 0.264 e. The van der Waals surface area contributed by atoms with Gasteiger partial charge in [-0.05, 0) is 0 Å². The van der Waals surface area contributed by atoms with Gasteiger partial charge in [-0.25, -0.2) is 5.09 Å². The van der Waals surface area contributed by atoms with Crippen LogP contribution in [0.1, 0.15) is 0 Å². The van der Waals surface area contributed by atoms with Crippen LogP contribution < -0.4 is 5.09 Å². The number of rotatable bonds is 3. The van der Waals surface area contributed by atoms with Gasteiger partial charge < -0.3 is 14.4 Å². The molecule has 4 atom stereocenters. The molecule has 1 heterocycles. The molecule has 2 unspecified atom stereocenters.